The van der Waals surface area contributed by atoms with Crippen molar-refractivity contribution in [3.63, 3.8) is 0 Å². The highest BCUT2D eigenvalue weighted by Crippen LogP contribution is 2.24. The van der Waals surface area contributed by atoms with Crippen LogP contribution < -0.4 is 0 Å². The summed E-state index contributed by atoms with van der Waals surface area (Å²) in [4.78, 5) is 24.5. The minimum absolute atomic E-state index is 0.0338. The third-order valence-corrected chi connectivity index (χ3v) is 3.36. The van der Waals surface area contributed by atoms with E-state index in [2.05, 4.69) is 0 Å². The van der Waals surface area contributed by atoms with Crippen molar-refractivity contribution in [2.24, 2.45) is 5.41 Å². The van der Waals surface area contributed by atoms with Gasteiger partial charge in [-0.25, -0.2) is 4.79 Å². The first kappa shape index (κ1) is 15.7. The van der Waals surface area contributed by atoms with Gasteiger partial charge in [-0.05, 0) is 26.2 Å². The van der Waals surface area contributed by atoms with E-state index in [1.54, 1.807) is 18.9 Å². The van der Waals surface area contributed by atoms with E-state index in [1.165, 1.54) is 6.92 Å². The molecule has 0 aliphatic carbocycles. The fourth-order valence-corrected chi connectivity index (χ4v) is 1.34. The monoisotopic (exact) mass is 241 g/mol. The zero-order chi connectivity index (χ0) is 14.0. The number of rotatable bonds is 3. The van der Waals surface area contributed by atoms with Crippen LogP contribution in [0.1, 0.15) is 41.5 Å². The molecular weight excluding hydrogens is 218 g/mol. The van der Waals surface area contributed by atoms with E-state index in [0.29, 0.717) is 0 Å². The fraction of sp³-hybridized carbons (Fsp3) is 0.692. The summed E-state index contributed by atoms with van der Waals surface area (Å²) in [7, 11) is 1.71. The molecule has 4 nitrogen and oxygen atoms in total. The number of amides is 1. The molecule has 1 atom stereocenters. The molecule has 4 heteroatoms. The van der Waals surface area contributed by atoms with Crippen LogP contribution in [0.2, 0.25) is 0 Å². The maximum atomic E-state index is 12.1. The van der Waals surface area contributed by atoms with Crippen molar-refractivity contribution in [1.29, 1.82) is 0 Å². The number of aliphatic carboxylic acids is 1. The Balaban J connectivity index is 5.09. The van der Waals surface area contributed by atoms with Crippen LogP contribution in [0.3, 0.4) is 0 Å². The molecule has 0 saturated carbocycles. The highest BCUT2D eigenvalue weighted by Gasteiger charge is 2.28. The average Bonchev–Trinajstić information content (AvgIpc) is 2.22. The van der Waals surface area contributed by atoms with Crippen LogP contribution in [0.4, 0.5) is 0 Å². The number of hydrogen-bond donors (Lipinski definition) is 1. The van der Waals surface area contributed by atoms with Gasteiger partial charge in [0.05, 0.1) is 0 Å². The maximum absolute atomic E-state index is 12.1. The Hall–Kier alpha value is -1.32. The molecule has 0 spiro atoms. The largest absolute Gasteiger partial charge is 0.478 e. The first-order valence-electron chi connectivity index (χ1n) is 5.68. The molecule has 98 valence electrons. The van der Waals surface area contributed by atoms with E-state index >= 15 is 0 Å². The van der Waals surface area contributed by atoms with Gasteiger partial charge >= 0.3 is 5.97 Å². The van der Waals surface area contributed by atoms with Gasteiger partial charge in [0.2, 0.25) is 5.91 Å². The summed E-state index contributed by atoms with van der Waals surface area (Å²) in [5.74, 6) is -1.28. The highest BCUT2D eigenvalue weighted by atomic mass is 16.4. The van der Waals surface area contributed by atoms with E-state index in [1.807, 2.05) is 27.7 Å². The molecule has 0 aromatic heterocycles. The molecule has 0 heterocycles. The van der Waals surface area contributed by atoms with Crippen LogP contribution in [0.15, 0.2) is 11.1 Å². The molecular formula is C13H23NO3. The predicted molar refractivity (Wildman–Crippen MR) is 67.7 cm³/mol. The average molecular weight is 241 g/mol. The van der Waals surface area contributed by atoms with Gasteiger partial charge in [0.15, 0.2) is 0 Å². The number of carboxylic acid groups (broad SMARTS) is 1. The van der Waals surface area contributed by atoms with Crippen LogP contribution in [-0.4, -0.2) is 35.0 Å². The molecule has 0 saturated heterocycles. The predicted octanol–water partition coefficient (Wildman–Crippen LogP) is 2.30. The Morgan fingerprint density at radius 3 is 1.82 bits per heavy atom. The topological polar surface area (TPSA) is 57.6 Å². The third kappa shape index (κ3) is 3.88. The first-order chi connectivity index (χ1) is 7.50. The van der Waals surface area contributed by atoms with E-state index in [0.717, 1.165) is 0 Å². The molecule has 17 heavy (non-hydrogen) atoms. The van der Waals surface area contributed by atoms with Crippen LogP contribution in [0.5, 0.6) is 0 Å². The minimum Gasteiger partial charge on any atom is -0.478 e. The van der Waals surface area contributed by atoms with Gasteiger partial charge in [-0.2, -0.15) is 0 Å². The van der Waals surface area contributed by atoms with Crippen molar-refractivity contribution in [3.05, 3.63) is 11.1 Å². The van der Waals surface area contributed by atoms with E-state index in [-0.39, 0.29) is 28.5 Å². The summed E-state index contributed by atoms with van der Waals surface area (Å²) in [5.41, 5.74) is 0.348. The lowest BCUT2D eigenvalue weighted by Crippen LogP contribution is -2.43. The molecule has 1 unspecified atom stereocenters. The molecule has 0 aromatic carbocycles. The normalized spacial score (nSPS) is 15.0. The van der Waals surface area contributed by atoms with E-state index < -0.39 is 5.97 Å². The lowest BCUT2D eigenvalue weighted by Gasteiger charge is -2.35. The SMILES string of the molecule is CC(C(=O)O)=C(C)C(=O)N(C)C(C)C(C)(C)C. The van der Waals surface area contributed by atoms with Crippen molar-refractivity contribution in [3.8, 4) is 0 Å². The van der Waals surface area contributed by atoms with Crippen LogP contribution >= 0.6 is 0 Å². The zero-order valence-electron chi connectivity index (χ0n) is 11.8. The van der Waals surface area contributed by atoms with Gasteiger partial charge < -0.3 is 10.0 Å². The van der Waals surface area contributed by atoms with Gasteiger partial charge in [0.25, 0.3) is 0 Å². The molecule has 0 aliphatic heterocycles. The minimum atomic E-state index is -1.05. The third-order valence-electron chi connectivity index (χ3n) is 3.36. The summed E-state index contributed by atoms with van der Waals surface area (Å²) < 4.78 is 0. The van der Waals surface area contributed by atoms with Crippen LogP contribution in [0.25, 0.3) is 0 Å². The molecule has 0 aliphatic rings. The van der Waals surface area contributed by atoms with Crippen molar-refractivity contribution in [1.82, 2.24) is 4.90 Å². The van der Waals surface area contributed by atoms with Gasteiger partial charge in [0, 0.05) is 24.2 Å². The summed E-state index contributed by atoms with van der Waals surface area (Å²) >= 11 is 0. The first-order valence-corrected chi connectivity index (χ1v) is 5.68. The number of nitrogens with zero attached hydrogens (tertiary/aromatic N) is 1. The molecule has 1 amide bonds. The summed E-state index contributed by atoms with van der Waals surface area (Å²) in [6.07, 6.45) is 0. The van der Waals surface area contributed by atoms with Gasteiger partial charge in [-0.15, -0.1) is 0 Å². The fourth-order valence-electron chi connectivity index (χ4n) is 1.34. The van der Waals surface area contributed by atoms with Crippen molar-refractivity contribution >= 4 is 11.9 Å². The molecule has 0 fully saturated rings. The van der Waals surface area contributed by atoms with Gasteiger partial charge in [0.1, 0.15) is 0 Å². The quantitative estimate of drug-likeness (QED) is 0.771. The molecule has 1 N–H and O–H groups in total. The summed E-state index contributed by atoms with van der Waals surface area (Å²) in [6, 6.07) is 0.0338. The Kier molecular flexibility index (Phi) is 4.93. The summed E-state index contributed by atoms with van der Waals surface area (Å²) in [6.45, 7) is 11.1. The second kappa shape index (κ2) is 5.34. The molecule has 0 bridgehead atoms. The highest BCUT2D eigenvalue weighted by molar-refractivity contribution is 6.01. The van der Waals surface area contributed by atoms with Crippen LogP contribution in [-0.2, 0) is 9.59 Å². The zero-order valence-corrected chi connectivity index (χ0v) is 11.8. The Labute approximate surface area is 103 Å². The molecule has 0 rings (SSSR count). The number of carbonyl (C=O) groups is 2. The van der Waals surface area contributed by atoms with Gasteiger partial charge in [-0.1, -0.05) is 20.8 Å². The molecule has 0 radical (unpaired) electrons. The van der Waals surface area contributed by atoms with E-state index in [4.69, 9.17) is 5.11 Å². The number of carbonyl (C=O) groups excluding carboxylic acids is 1. The maximum Gasteiger partial charge on any atom is 0.331 e. The number of hydrogen-bond acceptors (Lipinski definition) is 2. The van der Waals surface area contributed by atoms with Gasteiger partial charge in [-0.3, -0.25) is 4.79 Å². The second-order valence-corrected chi connectivity index (χ2v) is 5.51. The van der Waals surface area contributed by atoms with Crippen molar-refractivity contribution in [2.45, 2.75) is 47.6 Å². The van der Waals surface area contributed by atoms with Crippen molar-refractivity contribution < 1.29 is 14.7 Å². The number of likely N-dealkylation sites (N-methyl/N-ethyl adjacent to an activating group) is 1. The second-order valence-electron chi connectivity index (χ2n) is 5.51. The Bertz CT molecular complexity index is 350. The molecule has 0 aromatic rings. The number of carboxylic acids is 1. The lowest BCUT2D eigenvalue weighted by molar-refractivity contribution is -0.134. The standard InChI is InChI=1S/C13H23NO3/c1-8(9(2)12(16)17)11(15)14(7)10(3)13(4,5)6/h10H,1-7H3,(H,16,17). The Morgan fingerprint density at radius 2 is 1.53 bits per heavy atom. The van der Waals surface area contributed by atoms with E-state index in [9.17, 15) is 9.59 Å². The Morgan fingerprint density at radius 1 is 1.12 bits per heavy atom. The lowest BCUT2D eigenvalue weighted by atomic mass is 9.87. The smallest absolute Gasteiger partial charge is 0.331 e. The van der Waals surface area contributed by atoms with Crippen molar-refractivity contribution in [2.75, 3.05) is 7.05 Å². The van der Waals surface area contributed by atoms with Crippen LogP contribution in [0, 0.1) is 5.41 Å². The summed E-state index contributed by atoms with van der Waals surface area (Å²) in [5, 5.41) is 8.85.